The number of ether oxygens (including phenoxy) is 3. The monoisotopic (exact) mass is 588 g/mol. The van der Waals surface area contributed by atoms with Crippen molar-refractivity contribution >= 4 is 30.1 Å². The summed E-state index contributed by atoms with van der Waals surface area (Å²) in [5.74, 6) is -4.82. The Hall–Kier alpha value is -4.59. The van der Waals surface area contributed by atoms with Crippen molar-refractivity contribution in [3.63, 3.8) is 0 Å². The van der Waals surface area contributed by atoms with E-state index in [-0.39, 0.29) is 11.5 Å². The number of esters is 3. The minimum Gasteiger partial charge on any atom is -0.504 e. The van der Waals surface area contributed by atoms with Gasteiger partial charge in [-0.15, -0.1) is 0 Å². The van der Waals surface area contributed by atoms with Crippen LogP contribution in [0.25, 0.3) is 12.2 Å². The van der Waals surface area contributed by atoms with Gasteiger partial charge in [-0.2, -0.15) is 0 Å². The lowest BCUT2D eigenvalue weighted by atomic mass is 9.79. The molecule has 0 aromatic heterocycles. The molecule has 0 amide bonds. The molecule has 0 spiro atoms. The molecule has 226 valence electrons. The average Bonchev–Trinajstić information content (AvgIpc) is 2.92. The first-order valence-electron chi connectivity index (χ1n) is 12.8. The molecule has 42 heavy (non-hydrogen) atoms. The van der Waals surface area contributed by atoms with Crippen molar-refractivity contribution in [2.75, 3.05) is 0 Å². The molecule has 7 N–H and O–H groups in total. The average molecular weight is 589 g/mol. The van der Waals surface area contributed by atoms with E-state index in [1.165, 1.54) is 62.4 Å². The minimum atomic E-state index is -2.39. The number of aliphatic hydroxyl groups is 3. The standard InChI is InChI=1S/C29H32O13/c1-15(30)16(2)40-28(38)29(39)13-23(41-25(35)9-5-17-3-7-19(31)21(33)11-17)27(37)24(14-29)42-26(36)10-6-18-4-8-20(32)22(34)12-18/h3-12,15-16,23-24,27,30-34,37,39H,13-14H2,1-2H3/b9-5+,10-6+/t15?,16?,23-,24-,27-,29+/m1/s1. The predicted molar refractivity (Wildman–Crippen MR) is 145 cm³/mol. The zero-order valence-electron chi connectivity index (χ0n) is 22.7. The Morgan fingerprint density at radius 2 is 1.24 bits per heavy atom. The summed E-state index contributed by atoms with van der Waals surface area (Å²) >= 11 is 0. The molecule has 1 fully saturated rings. The maximum absolute atomic E-state index is 12.9. The maximum Gasteiger partial charge on any atom is 0.338 e. The van der Waals surface area contributed by atoms with Gasteiger partial charge in [0.05, 0.1) is 6.10 Å². The van der Waals surface area contributed by atoms with Gasteiger partial charge in [0.25, 0.3) is 0 Å². The summed E-state index contributed by atoms with van der Waals surface area (Å²) in [6.45, 7) is 2.75. The van der Waals surface area contributed by atoms with E-state index in [0.29, 0.717) is 11.1 Å². The molecule has 1 saturated carbocycles. The lowest BCUT2D eigenvalue weighted by Gasteiger charge is -2.41. The first kappa shape index (κ1) is 31.9. The highest BCUT2D eigenvalue weighted by Gasteiger charge is 2.53. The van der Waals surface area contributed by atoms with Crippen LogP contribution in [0.3, 0.4) is 0 Å². The van der Waals surface area contributed by atoms with Gasteiger partial charge in [0.15, 0.2) is 28.6 Å². The number of aromatic hydroxyl groups is 4. The van der Waals surface area contributed by atoms with Crippen LogP contribution in [0.1, 0.15) is 37.8 Å². The van der Waals surface area contributed by atoms with Gasteiger partial charge in [0.2, 0.25) is 0 Å². The van der Waals surface area contributed by atoms with Crippen molar-refractivity contribution in [3.8, 4) is 23.0 Å². The van der Waals surface area contributed by atoms with Gasteiger partial charge in [-0.25, -0.2) is 14.4 Å². The Bertz CT molecular complexity index is 1280. The molecule has 2 aromatic rings. The Morgan fingerprint density at radius 1 is 0.810 bits per heavy atom. The van der Waals surface area contributed by atoms with Crippen molar-refractivity contribution in [2.24, 2.45) is 0 Å². The van der Waals surface area contributed by atoms with Crippen LogP contribution < -0.4 is 0 Å². The van der Waals surface area contributed by atoms with E-state index in [1.54, 1.807) is 0 Å². The highest BCUT2D eigenvalue weighted by molar-refractivity contribution is 5.88. The molecule has 13 nitrogen and oxygen atoms in total. The van der Waals surface area contributed by atoms with Gasteiger partial charge >= 0.3 is 17.9 Å². The zero-order chi connectivity index (χ0) is 31.2. The third kappa shape index (κ3) is 8.22. The molecule has 0 saturated heterocycles. The molecule has 4 atom stereocenters. The number of benzene rings is 2. The molecule has 0 heterocycles. The third-order valence-corrected chi connectivity index (χ3v) is 6.55. The smallest absolute Gasteiger partial charge is 0.338 e. The fourth-order valence-electron chi connectivity index (χ4n) is 3.99. The maximum atomic E-state index is 12.9. The summed E-state index contributed by atoms with van der Waals surface area (Å²) in [6.07, 6.45) is -3.79. The summed E-state index contributed by atoms with van der Waals surface area (Å²) in [4.78, 5) is 38.0. The molecular weight excluding hydrogens is 556 g/mol. The lowest BCUT2D eigenvalue weighted by Crippen LogP contribution is -2.59. The van der Waals surface area contributed by atoms with E-state index in [9.17, 15) is 50.1 Å². The number of carbonyl (C=O) groups excluding carboxylic acids is 3. The summed E-state index contributed by atoms with van der Waals surface area (Å²) in [6, 6.07) is 7.54. The molecule has 13 heteroatoms. The number of aliphatic hydroxyl groups excluding tert-OH is 2. The molecule has 3 rings (SSSR count). The van der Waals surface area contributed by atoms with Crippen LogP contribution in [0.4, 0.5) is 0 Å². The first-order valence-corrected chi connectivity index (χ1v) is 12.8. The van der Waals surface area contributed by atoms with E-state index in [4.69, 9.17) is 14.2 Å². The number of carbonyl (C=O) groups is 3. The van der Waals surface area contributed by atoms with Crippen LogP contribution in [0.5, 0.6) is 23.0 Å². The van der Waals surface area contributed by atoms with Crippen LogP contribution in [-0.4, -0.2) is 89.8 Å². The molecule has 2 aromatic carbocycles. The second kappa shape index (κ2) is 13.4. The van der Waals surface area contributed by atoms with Crippen LogP contribution >= 0.6 is 0 Å². The van der Waals surface area contributed by atoms with E-state index >= 15 is 0 Å². The molecule has 2 unspecified atom stereocenters. The Morgan fingerprint density at radius 3 is 1.62 bits per heavy atom. The molecule has 0 radical (unpaired) electrons. The Kier molecular flexibility index (Phi) is 10.2. The van der Waals surface area contributed by atoms with Crippen molar-refractivity contribution in [3.05, 3.63) is 59.7 Å². The van der Waals surface area contributed by atoms with E-state index in [1.807, 2.05) is 0 Å². The van der Waals surface area contributed by atoms with E-state index in [2.05, 4.69) is 0 Å². The summed E-state index contributed by atoms with van der Waals surface area (Å²) < 4.78 is 15.7. The SMILES string of the molecule is CC(O)C(C)OC(=O)[C@]1(O)C[C@@H](OC(=O)/C=C/c2ccc(O)c(O)c2)[C@@H](O)[C@H](OC(=O)/C=C/c2ccc(O)c(O)c2)C1. The lowest BCUT2D eigenvalue weighted by molar-refractivity contribution is -0.210. The highest BCUT2D eigenvalue weighted by atomic mass is 16.6. The van der Waals surface area contributed by atoms with Crippen LogP contribution in [-0.2, 0) is 28.6 Å². The zero-order valence-corrected chi connectivity index (χ0v) is 22.7. The molecule has 0 aliphatic heterocycles. The molecular formula is C29H32O13. The number of hydrogen-bond acceptors (Lipinski definition) is 13. The molecule has 0 bridgehead atoms. The fraction of sp³-hybridized carbons (Fsp3) is 0.345. The largest absolute Gasteiger partial charge is 0.504 e. The Balaban J connectivity index is 1.79. The highest BCUT2D eigenvalue weighted by Crippen LogP contribution is 2.35. The van der Waals surface area contributed by atoms with Gasteiger partial charge in [0.1, 0.15) is 24.4 Å². The topological polar surface area (TPSA) is 221 Å². The second-order valence-corrected chi connectivity index (χ2v) is 9.90. The summed E-state index contributed by atoms with van der Waals surface area (Å²) in [5, 5.41) is 69.8. The normalized spacial score (nSPS) is 23.8. The Labute approximate surface area is 240 Å². The number of hydrogen-bond donors (Lipinski definition) is 7. The van der Waals surface area contributed by atoms with Crippen molar-refractivity contribution in [2.45, 2.75) is 62.8 Å². The van der Waals surface area contributed by atoms with E-state index < -0.39 is 78.4 Å². The minimum absolute atomic E-state index is 0.319. The van der Waals surface area contributed by atoms with E-state index in [0.717, 1.165) is 12.2 Å². The van der Waals surface area contributed by atoms with Gasteiger partial charge in [-0.05, 0) is 61.4 Å². The first-order chi connectivity index (χ1) is 19.7. The third-order valence-electron chi connectivity index (χ3n) is 6.55. The second-order valence-electron chi connectivity index (χ2n) is 9.90. The summed E-state index contributed by atoms with van der Waals surface area (Å²) in [5.41, 5.74) is -1.75. The van der Waals surface area contributed by atoms with Gasteiger partial charge < -0.3 is 50.0 Å². The van der Waals surface area contributed by atoms with Crippen molar-refractivity contribution < 1.29 is 64.3 Å². The molecule has 1 aliphatic carbocycles. The number of phenolic OH excluding ortho intramolecular Hbond substituents is 4. The summed E-state index contributed by atoms with van der Waals surface area (Å²) in [7, 11) is 0. The quantitative estimate of drug-likeness (QED) is 0.0950. The van der Waals surface area contributed by atoms with Crippen LogP contribution in [0.15, 0.2) is 48.6 Å². The van der Waals surface area contributed by atoms with Gasteiger partial charge in [0, 0.05) is 25.0 Å². The number of rotatable bonds is 9. The van der Waals surface area contributed by atoms with Gasteiger partial charge in [-0.1, -0.05) is 12.1 Å². The fourth-order valence-corrected chi connectivity index (χ4v) is 3.99. The molecule has 1 aliphatic rings. The number of phenols is 4. The van der Waals surface area contributed by atoms with Crippen molar-refractivity contribution in [1.82, 2.24) is 0 Å². The van der Waals surface area contributed by atoms with Crippen molar-refractivity contribution in [1.29, 1.82) is 0 Å². The van der Waals surface area contributed by atoms with Gasteiger partial charge in [-0.3, -0.25) is 0 Å². The predicted octanol–water partition coefficient (Wildman–Crippen LogP) is 1.26. The van der Waals surface area contributed by atoms with Crippen LogP contribution in [0.2, 0.25) is 0 Å². The van der Waals surface area contributed by atoms with Crippen LogP contribution in [0, 0.1) is 0 Å².